The third-order valence-corrected chi connectivity index (χ3v) is 4.08. The third kappa shape index (κ3) is 1.93. The molecule has 3 rings (SSSR count). The molecule has 0 aromatic carbocycles. The number of carbonyl (C=O) groups excluding carboxylic acids is 2. The summed E-state index contributed by atoms with van der Waals surface area (Å²) >= 11 is 0. The summed E-state index contributed by atoms with van der Waals surface area (Å²) in [5.74, 6) is 0.0325. The predicted molar refractivity (Wildman–Crippen MR) is 63.8 cm³/mol. The van der Waals surface area contributed by atoms with E-state index in [4.69, 9.17) is 9.47 Å². The molecule has 0 unspecified atom stereocenters. The number of rotatable bonds is 1. The molecule has 2 aliphatic heterocycles. The lowest BCUT2D eigenvalue weighted by Gasteiger charge is -2.33. The summed E-state index contributed by atoms with van der Waals surface area (Å²) in [6.45, 7) is 4.61. The van der Waals surface area contributed by atoms with E-state index in [-0.39, 0.29) is 29.0 Å². The highest BCUT2D eigenvalue weighted by atomic mass is 16.7. The summed E-state index contributed by atoms with van der Waals surface area (Å²) in [7, 11) is 0. The topological polar surface area (TPSA) is 52.6 Å². The van der Waals surface area contributed by atoms with Crippen molar-refractivity contribution in [2.24, 2.45) is 11.3 Å². The maximum Gasteiger partial charge on any atom is 0.218 e. The Labute approximate surface area is 106 Å². The minimum Gasteiger partial charge on any atom is -0.343 e. The number of carbonyl (C=O) groups is 2. The van der Waals surface area contributed by atoms with Crippen molar-refractivity contribution in [2.45, 2.75) is 45.5 Å². The average molecular weight is 250 g/mol. The maximum atomic E-state index is 12.2. The van der Waals surface area contributed by atoms with Crippen LogP contribution in [0.4, 0.5) is 0 Å². The van der Waals surface area contributed by atoms with E-state index in [1.165, 1.54) is 0 Å². The minimum atomic E-state index is -0.679. The van der Waals surface area contributed by atoms with Crippen LogP contribution in [0.25, 0.3) is 0 Å². The van der Waals surface area contributed by atoms with E-state index in [2.05, 4.69) is 13.8 Å². The molecule has 3 aliphatic rings. The van der Waals surface area contributed by atoms with E-state index < -0.39 is 6.29 Å². The van der Waals surface area contributed by atoms with Gasteiger partial charge in [0.2, 0.25) is 6.29 Å². The van der Waals surface area contributed by atoms with Crippen LogP contribution >= 0.6 is 0 Å². The molecule has 4 nitrogen and oxygen atoms in total. The first-order chi connectivity index (χ1) is 8.46. The Balaban J connectivity index is 1.85. The molecule has 4 heteroatoms. The van der Waals surface area contributed by atoms with Crippen molar-refractivity contribution in [1.29, 1.82) is 0 Å². The van der Waals surface area contributed by atoms with Crippen molar-refractivity contribution in [1.82, 2.24) is 0 Å². The summed E-state index contributed by atoms with van der Waals surface area (Å²) in [4.78, 5) is 24.0. The van der Waals surface area contributed by atoms with Gasteiger partial charge in [-0.05, 0) is 17.4 Å². The number of hydrogen-bond donors (Lipinski definition) is 0. The van der Waals surface area contributed by atoms with Gasteiger partial charge in [0.1, 0.15) is 0 Å². The molecule has 2 saturated heterocycles. The maximum absolute atomic E-state index is 12.2. The molecule has 98 valence electrons. The zero-order chi connectivity index (χ0) is 12.9. The Morgan fingerprint density at radius 1 is 1.33 bits per heavy atom. The van der Waals surface area contributed by atoms with Gasteiger partial charge in [0.05, 0.1) is 12.7 Å². The zero-order valence-electron chi connectivity index (χ0n) is 10.8. The summed E-state index contributed by atoms with van der Waals surface area (Å²) in [6, 6.07) is 0. The first-order valence-electron chi connectivity index (χ1n) is 6.49. The van der Waals surface area contributed by atoms with Crippen LogP contribution < -0.4 is 0 Å². The van der Waals surface area contributed by atoms with Crippen LogP contribution in [0.3, 0.4) is 0 Å². The second kappa shape index (κ2) is 4.00. The molecule has 0 aromatic heterocycles. The first-order valence-corrected chi connectivity index (χ1v) is 6.49. The fraction of sp³-hybridized carbons (Fsp3) is 0.714. The lowest BCUT2D eigenvalue weighted by molar-refractivity contribution is -0.155. The number of hydrogen-bond acceptors (Lipinski definition) is 4. The van der Waals surface area contributed by atoms with Gasteiger partial charge in [-0.25, -0.2) is 0 Å². The van der Waals surface area contributed by atoms with E-state index in [1.807, 2.05) is 6.08 Å². The average Bonchev–Trinajstić information content (AvgIpc) is 2.69. The molecular formula is C14H18O4. The second-order valence-electron chi connectivity index (χ2n) is 6.24. The molecule has 18 heavy (non-hydrogen) atoms. The van der Waals surface area contributed by atoms with E-state index in [0.29, 0.717) is 19.4 Å². The van der Waals surface area contributed by atoms with Crippen LogP contribution in [0, 0.1) is 11.3 Å². The normalized spacial score (nSPS) is 38.8. The van der Waals surface area contributed by atoms with E-state index in [1.54, 1.807) is 0 Å². The largest absolute Gasteiger partial charge is 0.343 e. The van der Waals surface area contributed by atoms with Crippen LogP contribution in [-0.4, -0.2) is 30.6 Å². The third-order valence-electron chi connectivity index (χ3n) is 4.08. The lowest BCUT2D eigenvalue weighted by Crippen LogP contribution is -2.39. The smallest absolute Gasteiger partial charge is 0.218 e. The van der Waals surface area contributed by atoms with Crippen molar-refractivity contribution >= 4 is 11.6 Å². The Hall–Kier alpha value is -1.00. The fourth-order valence-electron chi connectivity index (χ4n) is 3.02. The van der Waals surface area contributed by atoms with Crippen LogP contribution in [0.1, 0.15) is 33.1 Å². The number of ketones is 2. The molecule has 0 aromatic rings. The molecule has 0 radical (unpaired) electrons. The van der Waals surface area contributed by atoms with Crippen molar-refractivity contribution in [3.63, 3.8) is 0 Å². The minimum absolute atomic E-state index is 0.0349. The zero-order valence-corrected chi connectivity index (χ0v) is 10.8. The summed E-state index contributed by atoms with van der Waals surface area (Å²) in [5, 5.41) is 0. The number of Topliss-reactive ketones (excluding diaryl/α,β-unsaturated/α-hetero) is 2. The van der Waals surface area contributed by atoms with Crippen molar-refractivity contribution < 1.29 is 19.1 Å². The Bertz CT molecular complexity index is 435. The van der Waals surface area contributed by atoms with Gasteiger partial charge in [0.15, 0.2) is 11.6 Å². The molecule has 3 atom stereocenters. The van der Waals surface area contributed by atoms with Gasteiger partial charge >= 0.3 is 0 Å². The first kappa shape index (κ1) is 12.1. The quantitative estimate of drug-likeness (QED) is 0.710. The summed E-state index contributed by atoms with van der Waals surface area (Å²) in [6.07, 6.45) is 3.03. The van der Waals surface area contributed by atoms with E-state index in [0.717, 1.165) is 12.0 Å². The SMILES string of the molecule is CC1(C)CC=C([C@H]2CC(=O)[C@@H]3OC[C@H]2O3)C(=O)C1. The van der Waals surface area contributed by atoms with Crippen molar-refractivity contribution in [3.8, 4) is 0 Å². The van der Waals surface area contributed by atoms with Gasteiger partial charge in [0, 0.05) is 18.8 Å². The highest BCUT2D eigenvalue weighted by Crippen LogP contribution is 2.40. The molecule has 0 spiro atoms. The Morgan fingerprint density at radius 3 is 2.83 bits per heavy atom. The van der Waals surface area contributed by atoms with Crippen LogP contribution in [0.5, 0.6) is 0 Å². The molecule has 1 aliphatic carbocycles. The van der Waals surface area contributed by atoms with Crippen molar-refractivity contribution in [3.05, 3.63) is 11.6 Å². The van der Waals surface area contributed by atoms with Gasteiger partial charge in [-0.3, -0.25) is 9.59 Å². The molecule has 0 saturated carbocycles. The number of fused-ring (bicyclic) bond motifs is 2. The fourth-order valence-corrected chi connectivity index (χ4v) is 3.02. The Kier molecular flexibility index (Phi) is 2.68. The number of ether oxygens (including phenoxy) is 2. The number of allylic oxidation sites excluding steroid dienone is 1. The summed E-state index contributed by atoms with van der Waals surface area (Å²) < 4.78 is 10.8. The predicted octanol–water partition coefficient (Wildman–Crippen LogP) is 1.63. The lowest BCUT2D eigenvalue weighted by atomic mass is 9.72. The molecule has 2 bridgehead atoms. The molecular weight excluding hydrogens is 232 g/mol. The molecule has 2 fully saturated rings. The standard InChI is InChI=1S/C14H18O4/c1-14(2)4-3-8(11(16)6-14)9-5-10(15)13-17-7-12(9)18-13/h3,9,12-13H,4-7H2,1-2H3/t9-,12-,13-/m1/s1. The van der Waals surface area contributed by atoms with E-state index in [9.17, 15) is 9.59 Å². The monoisotopic (exact) mass is 250 g/mol. The van der Waals surface area contributed by atoms with E-state index >= 15 is 0 Å². The van der Waals surface area contributed by atoms with Gasteiger partial charge in [-0.2, -0.15) is 0 Å². The molecule has 0 amide bonds. The summed E-state index contributed by atoms with van der Waals surface area (Å²) in [5.41, 5.74) is 0.825. The molecule has 2 heterocycles. The van der Waals surface area contributed by atoms with Gasteiger partial charge in [0.25, 0.3) is 0 Å². The highest BCUT2D eigenvalue weighted by molar-refractivity contribution is 5.98. The van der Waals surface area contributed by atoms with Gasteiger partial charge in [-0.1, -0.05) is 19.9 Å². The van der Waals surface area contributed by atoms with Crippen LogP contribution in [0.2, 0.25) is 0 Å². The highest BCUT2D eigenvalue weighted by Gasteiger charge is 2.46. The van der Waals surface area contributed by atoms with Crippen molar-refractivity contribution in [2.75, 3.05) is 6.61 Å². The Morgan fingerprint density at radius 2 is 2.11 bits per heavy atom. The van der Waals surface area contributed by atoms with Crippen LogP contribution in [0.15, 0.2) is 11.6 Å². The second-order valence-corrected chi connectivity index (χ2v) is 6.24. The molecule has 0 N–H and O–H groups in total. The van der Waals surface area contributed by atoms with Gasteiger partial charge in [-0.15, -0.1) is 0 Å². The van der Waals surface area contributed by atoms with Crippen LogP contribution in [-0.2, 0) is 19.1 Å². The van der Waals surface area contributed by atoms with Gasteiger partial charge < -0.3 is 9.47 Å².